The number of piperidine rings is 1. The fourth-order valence-electron chi connectivity index (χ4n) is 3.24. The molecule has 1 fully saturated rings. The van der Waals surface area contributed by atoms with E-state index in [2.05, 4.69) is 10.6 Å². The van der Waals surface area contributed by atoms with Gasteiger partial charge in [-0.05, 0) is 55.9 Å². The highest BCUT2D eigenvalue weighted by Crippen LogP contribution is 2.23. The van der Waals surface area contributed by atoms with E-state index >= 15 is 0 Å². The maximum absolute atomic E-state index is 13.0. The number of thiophene rings is 1. The third-order valence-electron chi connectivity index (χ3n) is 4.49. The van der Waals surface area contributed by atoms with Gasteiger partial charge in [0.15, 0.2) is 0 Å². The summed E-state index contributed by atoms with van der Waals surface area (Å²) in [6, 6.07) is 9.01. The van der Waals surface area contributed by atoms with Crippen molar-refractivity contribution < 1.29 is 9.59 Å². The average molecular weight is 394 g/mol. The van der Waals surface area contributed by atoms with Gasteiger partial charge in [0.25, 0.3) is 11.8 Å². The van der Waals surface area contributed by atoms with Gasteiger partial charge in [0.2, 0.25) is 0 Å². The molecule has 0 radical (unpaired) electrons. The highest BCUT2D eigenvalue weighted by molar-refractivity contribution is 7.08. The fraction of sp³-hybridized carbons (Fsp3) is 0.368. The molecule has 1 saturated heterocycles. The van der Waals surface area contributed by atoms with E-state index in [1.807, 2.05) is 29.5 Å². The first-order chi connectivity index (χ1) is 12.2. The molecule has 1 aromatic heterocycles. The van der Waals surface area contributed by atoms with Crippen molar-refractivity contribution >= 4 is 41.2 Å². The van der Waals surface area contributed by atoms with Gasteiger partial charge in [-0.25, -0.2) is 0 Å². The highest BCUT2D eigenvalue weighted by Gasteiger charge is 2.25. The monoisotopic (exact) mass is 393 g/mol. The second-order valence-electron chi connectivity index (χ2n) is 6.33. The van der Waals surface area contributed by atoms with Gasteiger partial charge in [0.1, 0.15) is 0 Å². The fourth-order valence-corrected chi connectivity index (χ4v) is 3.88. The molecule has 1 aromatic carbocycles. The number of halogens is 1. The van der Waals surface area contributed by atoms with Crippen LogP contribution in [0, 0.1) is 5.92 Å². The first kappa shape index (κ1) is 20.4. The summed E-state index contributed by atoms with van der Waals surface area (Å²) in [5, 5.41) is 9.73. The van der Waals surface area contributed by atoms with E-state index in [4.69, 9.17) is 0 Å². The minimum atomic E-state index is -0.187. The summed E-state index contributed by atoms with van der Waals surface area (Å²) < 4.78 is 0. The van der Waals surface area contributed by atoms with Gasteiger partial charge in [-0.3, -0.25) is 9.59 Å². The van der Waals surface area contributed by atoms with Crippen LogP contribution in [0.1, 0.15) is 33.6 Å². The van der Waals surface area contributed by atoms with Crippen LogP contribution in [0.2, 0.25) is 0 Å². The normalized spacial score (nSPS) is 16.7. The van der Waals surface area contributed by atoms with Crippen LogP contribution in [-0.4, -0.2) is 43.4 Å². The SMILES string of the molecule is CNCC1CCCN(C(=O)c2ccccc2NC(=O)c2ccsc2)C1.Cl. The van der Waals surface area contributed by atoms with E-state index < -0.39 is 0 Å². The minimum Gasteiger partial charge on any atom is -0.338 e. The molecule has 3 rings (SSSR count). The molecule has 1 unspecified atom stereocenters. The van der Waals surface area contributed by atoms with Crippen LogP contribution in [0.4, 0.5) is 5.69 Å². The molecule has 7 heteroatoms. The van der Waals surface area contributed by atoms with Crippen LogP contribution < -0.4 is 10.6 Å². The van der Waals surface area contributed by atoms with Gasteiger partial charge in [0.05, 0.1) is 16.8 Å². The van der Waals surface area contributed by atoms with Crippen molar-refractivity contribution in [2.75, 3.05) is 32.0 Å². The molecule has 0 saturated carbocycles. The Kier molecular flexibility index (Phi) is 7.63. The van der Waals surface area contributed by atoms with Crippen LogP contribution in [-0.2, 0) is 0 Å². The molecule has 0 bridgehead atoms. The number of hydrogen-bond donors (Lipinski definition) is 2. The Morgan fingerprint density at radius 2 is 2.08 bits per heavy atom. The largest absolute Gasteiger partial charge is 0.338 e. The highest BCUT2D eigenvalue weighted by atomic mass is 35.5. The van der Waals surface area contributed by atoms with E-state index in [-0.39, 0.29) is 24.2 Å². The van der Waals surface area contributed by atoms with Crippen LogP contribution >= 0.6 is 23.7 Å². The summed E-state index contributed by atoms with van der Waals surface area (Å²) in [6.45, 7) is 2.44. The summed E-state index contributed by atoms with van der Waals surface area (Å²) in [7, 11) is 1.94. The molecule has 2 heterocycles. The number of nitrogens with one attached hydrogen (secondary N) is 2. The summed E-state index contributed by atoms with van der Waals surface area (Å²) in [5.74, 6) is 0.283. The molecule has 140 valence electrons. The lowest BCUT2D eigenvalue weighted by Gasteiger charge is -2.33. The van der Waals surface area contributed by atoms with E-state index in [1.54, 1.807) is 23.6 Å². The number of amides is 2. The smallest absolute Gasteiger partial charge is 0.256 e. The average Bonchev–Trinajstić information content (AvgIpc) is 3.17. The second kappa shape index (κ2) is 9.71. The van der Waals surface area contributed by atoms with E-state index in [0.717, 1.165) is 32.5 Å². The van der Waals surface area contributed by atoms with Crippen molar-refractivity contribution in [1.82, 2.24) is 10.2 Å². The van der Waals surface area contributed by atoms with Gasteiger partial charge < -0.3 is 15.5 Å². The lowest BCUT2D eigenvalue weighted by molar-refractivity contribution is 0.0675. The second-order valence-corrected chi connectivity index (χ2v) is 7.11. The molecule has 1 aliphatic heterocycles. The molecule has 0 aliphatic carbocycles. The van der Waals surface area contributed by atoms with Gasteiger partial charge in [0, 0.05) is 18.5 Å². The summed E-state index contributed by atoms with van der Waals surface area (Å²) >= 11 is 1.47. The van der Waals surface area contributed by atoms with Crippen molar-refractivity contribution in [1.29, 1.82) is 0 Å². The number of hydrogen-bond acceptors (Lipinski definition) is 4. The van der Waals surface area contributed by atoms with Gasteiger partial charge in [-0.1, -0.05) is 12.1 Å². The number of carbonyl (C=O) groups excluding carboxylic acids is 2. The molecular weight excluding hydrogens is 370 g/mol. The Hall–Kier alpha value is -1.89. The number of anilines is 1. The Balaban J connectivity index is 0.00000243. The van der Waals surface area contributed by atoms with Crippen LogP contribution in [0.5, 0.6) is 0 Å². The molecule has 26 heavy (non-hydrogen) atoms. The number of carbonyl (C=O) groups is 2. The van der Waals surface area contributed by atoms with Crippen molar-refractivity contribution in [2.45, 2.75) is 12.8 Å². The molecule has 5 nitrogen and oxygen atoms in total. The van der Waals surface area contributed by atoms with E-state index in [0.29, 0.717) is 22.7 Å². The molecule has 1 aliphatic rings. The minimum absolute atomic E-state index is 0. The van der Waals surface area contributed by atoms with Gasteiger partial charge in [-0.15, -0.1) is 12.4 Å². The third-order valence-corrected chi connectivity index (χ3v) is 5.17. The zero-order valence-corrected chi connectivity index (χ0v) is 16.4. The standard InChI is InChI=1S/C19H23N3O2S.ClH/c1-20-11-14-5-4-9-22(12-14)19(24)16-6-2-3-7-17(16)21-18(23)15-8-10-25-13-15;/h2-3,6-8,10,13-14,20H,4-5,9,11-12H2,1H3,(H,21,23);1H. The Labute approximate surface area is 164 Å². The predicted molar refractivity (Wildman–Crippen MR) is 109 cm³/mol. The number of para-hydroxylation sites is 1. The van der Waals surface area contributed by atoms with Crippen molar-refractivity contribution in [3.63, 3.8) is 0 Å². The first-order valence-electron chi connectivity index (χ1n) is 8.55. The topological polar surface area (TPSA) is 61.4 Å². The summed E-state index contributed by atoms with van der Waals surface area (Å²) in [6.07, 6.45) is 2.16. The zero-order valence-electron chi connectivity index (χ0n) is 14.7. The van der Waals surface area contributed by atoms with Crippen molar-refractivity contribution in [3.8, 4) is 0 Å². The predicted octanol–water partition coefficient (Wildman–Crippen LogP) is 3.49. The zero-order chi connectivity index (χ0) is 17.6. The number of rotatable bonds is 5. The molecule has 2 aromatic rings. The Bertz CT molecular complexity index is 734. The van der Waals surface area contributed by atoms with Crippen molar-refractivity contribution in [2.24, 2.45) is 5.92 Å². The molecule has 2 amide bonds. The lowest BCUT2D eigenvalue weighted by Crippen LogP contribution is -2.42. The lowest BCUT2D eigenvalue weighted by atomic mass is 9.97. The Morgan fingerprint density at radius 3 is 2.81 bits per heavy atom. The van der Waals surface area contributed by atoms with Crippen LogP contribution in [0.15, 0.2) is 41.1 Å². The van der Waals surface area contributed by atoms with E-state index in [9.17, 15) is 9.59 Å². The van der Waals surface area contributed by atoms with Crippen LogP contribution in [0.3, 0.4) is 0 Å². The maximum Gasteiger partial charge on any atom is 0.256 e. The maximum atomic E-state index is 13.0. The molecule has 2 N–H and O–H groups in total. The third kappa shape index (κ3) is 4.84. The molecule has 1 atom stereocenters. The van der Waals surface area contributed by atoms with Crippen molar-refractivity contribution in [3.05, 3.63) is 52.2 Å². The summed E-state index contributed by atoms with van der Waals surface area (Å²) in [4.78, 5) is 27.2. The number of benzene rings is 1. The van der Waals surface area contributed by atoms with Crippen LogP contribution in [0.25, 0.3) is 0 Å². The van der Waals surface area contributed by atoms with Gasteiger partial charge >= 0.3 is 0 Å². The number of likely N-dealkylation sites (tertiary alicyclic amines) is 1. The Morgan fingerprint density at radius 1 is 1.27 bits per heavy atom. The summed E-state index contributed by atoms with van der Waals surface area (Å²) in [5.41, 5.74) is 1.73. The first-order valence-corrected chi connectivity index (χ1v) is 9.49. The number of nitrogens with zero attached hydrogens (tertiary/aromatic N) is 1. The van der Waals surface area contributed by atoms with E-state index in [1.165, 1.54) is 11.3 Å². The molecule has 0 spiro atoms. The molecular formula is C19H24ClN3O2S. The van der Waals surface area contributed by atoms with Gasteiger partial charge in [-0.2, -0.15) is 11.3 Å². The quantitative estimate of drug-likeness (QED) is 0.817.